The van der Waals surface area contributed by atoms with E-state index < -0.39 is 78.7 Å². The number of alkyl halides is 17. The van der Waals surface area contributed by atoms with Crippen LogP contribution in [0.4, 0.5) is 74.6 Å². The number of halogens is 17. The van der Waals surface area contributed by atoms with E-state index in [-0.39, 0.29) is 17.1 Å². The van der Waals surface area contributed by atoms with Gasteiger partial charge < -0.3 is 18.9 Å². The summed E-state index contributed by atoms with van der Waals surface area (Å²) in [5, 5.41) is 0. The highest BCUT2D eigenvalue weighted by Crippen LogP contribution is 2.64. The molecule has 0 aliphatic rings. The van der Waals surface area contributed by atoms with Crippen LogP contribution in [-0.4, -0.2) is 78.9 Å². The van der Waals surface area contributed by atoms with Crippen molar-refractivity contribution in [2.24, 2.45) is 0 Å². The number of hydrogen-bond donors (Lipinski definition) is 0. The molecule has 0 bridgehead atoms. The lowest BCUT2D eigenvalue weighted by Crippen LogP contribution is -2.74. The minimum Gasteiger partial charge on any atom is -0.494 e. The van der Waals surface area contributed by atoms with Gasteiger partial charge in [-0.2, -0.15) is 74.6 Å². The standard InChI is InChI=1S/C42H41F17O6/c1-3-4-5-6-7-8-9-10-24-62-30-17-15-28(16-18-30)27-11-13-29(14-12-27)34(61)65-32-21-19-31(20-22-32)64-26(2)33(60)63-25-23-35(43,44)36(45,46)37(47,48)38(49,50)39(51,52)40(53,54)41(55,56)42(57,58)59/h11-22,26H,3-10,23-25H2,1-2H3/t26-/m0/s1. The first kappa shape index (κ1) is 54.3. The molecule has 0 spiro atoms. The molecule has 0 amide bonds. The van der Waals surface area contributed by atoms with Crippen LogP contribution in [0.1, 0.15) is 82.0 Å². The van der Waals surface area contributed by atoms with E-state index in [0.717, 1.165) is 55.2 Å². The summed E-state index contributed by atoms with van der Waals surface area (Å²) in [5.41, 5.74) is 1.76. The van der Waals surface area contributed by atoms with Crippen molar-refractivity contribution in [3.63, 3.8) is 0 Å². The highest BCUT2D eigenvalue weighted by molar-refractivity contribution is 5.91. The predicted octanol–water partition coefficient (Wildman–Crippen LogP) is 13.8. The molecule has 23 heteroatoms. The number of benzene rings is 3. The molecule has 0 unspecified atom stereocenters. The monoisotopic (exact) mass is 964 g/mol. The molecular weight excluding hydrogens is 923 g/mol. The predicted molar refractivity (Wildman–Crippen MR) is 198 cm³/mol. The second kappa shape index (κ2) is 21.1. The number of unbranched alkanes of at least 4 members (excludes halogenated alkanes) is 7. The lowest BCUT2D eigenvalue weighted by molar-refractivity contribution is -0.461. The van der Waals surface area contributed by atoms with Gasteiger partial charge in [0.05, 0.1) is 25.2 Å². The lowest BCUT2D eigenvalue weighted by Gasteiger charge is -2.42. The van der Waals surface area contributed by atoms with E-state index in [9.17, 15) is 84.2 Å². The van der Waals surface area contributed by atoms with E-state index in [1.165, 1.54) is 50.7 Å². The van der Waals surface area contributed by atoms with Crippen LogP contribution in [-0.2, 0) is 9.53 Å². The molecule has 0 N–H and O–H groups in total. The van der Waals surface area contributed by atoms with Gasteiger partial charge in [0.15, 0.2) is 6.10 Å². The van der Waals surface area contributed by atoms with E-state index in [4.69, 9.17) is 14.2 Å². The molecule has 0 saturated heterocycles. The van der Waals surface area contributed by atoms with Crippen molar-refractivity contribution in [2.75, 3.05) is 13.2 Å². The Hall–Kier alpha value is -4.99. The van der Waals surface area contributed by atoms with Crippen LogP contribution in [0.3, 0.4) is 0 Å². The fraction of sp³-hybridized carbons (Fsp3) is 0.524. The van der Waals surface area contributed by atoms with Gasteiger partial charge in [-0.05, 0) is 73.0 Å². The Kier molecular flexibility index (Phi) is 17.6. The first-order valence-corrected chi connectivity index (χ1v) is 19.6. The Balaban J connectivity index is 1.51. The molecule has 0 aliphatic carbocycles. The molecule has 1 atom stereocenters. The average molecular weight is 965 g/mol. The zero-order chi connectivity index (χ0) is 49.3. The zero-order valence-electron chi connectivity index (χ0n) is 34.2. The van der Waals surface area contributed by atoms with Crippen LogP contribution in [0.25, 0.3) is 11.1 Å². The van der Waals surface area contributed by atoms with Crippen molar-refractivity contribution in [1.82, 2.24) is 0 Å². The third-order valence-corrected chi connectivity index (χ3v) is 9.70. The molecule has 3 rings (SSSR count). The largest absolute Gasteiger partial charge is 0.494 e. The molecule has 364 valence electrons. The number of carbonyl (C=O) groups is 2. The second-order valence-electron chi connectivity index (χ2n) is 14.6. The van der Waals surface area contributed by atoms with Gasteiger partial charge in [-0.1, -0.05) is 76.1 Å². The first-order chi connectivity index (χ1) is 29.9. The Morgan fingerprint density at radius 1 is 0.492 bits per heavy atom. The second-order valence-corrected chi connectivity index (χ2v) is 14.6. The van der Waals surface area contributed by atoms with Crippen molar-refractivity contribution in [3.05, 3.63) is 78.4 Å². The van der Waals surface area contributed by atoms with Crippen LogP contribution in [0, 0.1) is 0 Å². The minimum absolute atomic E-state index is 0.0645. The average Bonchev–Trinajstić information content (AvgIpc) is 3.23. The quantitative estimate of drug-likeness (QED) is 0.0365. The van der Waals surface area contributed by atoms with Crippen LogP contribution < -0.4 is 14.2 Å². The van der Waals surface area contributed by atoms with E-state index in [1.54, 1.807) is 12.1 Å². The normalized spacial score (nSPS) is 13.9. The third kappa shape index (κ3) is 12.1. The van der Waals surface area contributed by atoms with Crippen LogP contribution >= 0.6 is 0 Å². The summed E-state index contributed by atoms with van der Waals surface area (Å²) >= 11 is 0. The number of rotatable bonds is 25. The summed E-state index contributed by atoms with van der Waals surface area (Å²) in [6, 6.07) is 18.2. The lowest BCUT2D eigenvalue weighted by atomic mass is 9.88. The summed E-state index contributed by atoms with van der Waals surface area (Å²) in [7, 11) is 0. The van der Waals surface area contributed by atoms with E-state index >= 15 is 0 Å². The van der Waals surface area contributed by atoms with Gasteiger partial charge in [0, 0.05) is 0 Å². The Morgan fingerprint density at radius 3 is 1.40 bits per heavy atom. The molecule has 6 nitrogen and oxygen atoms in total. The van der Waals surface area contributed by atoms with E-state index in [1.807, 2.05) is 24.3 Å². The molecule has 65 heavy (non-hydrogen) atoms. The maximum atomic E-state index is 14.2. The molecule has 0 aliphatic heterocycles. The number of hydrogen-bond acceptors (Lipinski definition) is 6. The third-order valence-electron chi connectivity index (χ3n) is 9.70. The fourth-order valence-electron chi connectivity index (χ4n) is 5.72. The summed E-state index contributed by atoms with van der Waals surface area (Å²) < 4.78 is 250. The SMILES string of the molecule is CCCCCCCCCCOc1ccc(-c2ccc(C(=O)Oc3ccc(O[C@@H](C)C(=O)OCCC(F)(F)C(F)(F)C(F)(F)C(F)(F)C(F)(F)C(F)(F)C(F)(F)C(F)(F)F)cc3)cc2)cc1. The van der Waals surface area contributed by atoms with Crippen LogP contribution in [0.5, 0.6) is 17.2 Å². The van der Waals surface area contributed by atoms with Gasteiger partial charge in [0.25, 0.3) is 0 Å². The summed E-state index contributed by atoms with van der Waals surface area (Å²) in [6.45, 7) is 1.51. The minimum atomic E-state index is -8.75. The molecular formula is C42H41F17O6. The molecule has 0 saturated carbocycles. The molecule has 0 aromatic heterocycles. The van der Waals surface area contributed by atoms with Gasteiger partial charge >= 0.3 is 59.6 Å². The molecule has 3 aromatic rings. The number of carbonyl (C=O) groups excluding carboxylic acids is 2. The van der Waals surface area contributed by atoms with Crippen molar-refractivity contribution in [3.8, 4) is 28.4 Å². The summed E-state index contributed by atoms with van der Waals surface area (Å²) in [6.07, 6.45) is -3.25. The fourth-order valence-corrected chi connectivity index (χ4v) is 5.72. The molecule has 0 fully saturated rings. The van der Waals surface area contributed by atoms with Gasteiger partial charge in [-0.25, -0.2) is 9.59 Å². The first-order valence-electron chi connectivity index (χ1n) is 19.6. The van der Waals surface area contributed by atoms with E-state index in [2.05, 4.69) is 11.7 Å². The Labute approximate surface area is 360 Å². The van der Waals surface area contributed by atoms with Crippen molar-refractivity contribution in [1.29, 1.82) is 0 Å². The van der Waals surface area contributed by atoms with Gasteiger partial charge in [-0.3, -0.25) is 0 Å². The molecule has 3 aromatic carbocycles. The van der Waals surface area contributed by atoms with E-state index in [0.29, 0.717) is 12.4 Å². The summed E-state index contributed by atoms with van der Waals surface area (Å²) in [4.78, 5) is 24.9. The zero-order valence-corrected chi connectivity index (χ0v) is 34.2. The summed E-state index contributed by atoms with van der Waals surface area (Å²) in [5.74, 6) is -59.5. The topological polar surface area (TPSA) is 71.1 Å². The van der Waals surface area contributed by atoms with Crippen LogP contribution in [0.15, 0.2) is 72.8 Å². The highest BCUT2D eigenvalue weighted by Gasteiger charge is 2.95. The number of esters is 2. The molecule has 0 radical (unpaired) electrons. The molecule has 0 heterocycles. The maximum absolute atomic E-state index is 14.2. The maximum Gasteiger partial charge on any atom is 0.460 e. The van der Waals surface area contributed by atoms with Gasteiger partial charge in [0.2, 0.25) is 0 Å². The van der Waals surface area contributed by atoms with Crippen molar-refractivity contribution >= 4 is 11.9 Å². The highest BCUT2D eigenvalue weighted by atomic mass is 19.4. The Morgan fingerprint density at radius 2 is 0.908 bits per heavy atom. The van der Waals surface area contributed by atoms with Crippen molar-refractivity contribution < 1.29 is 103 Å². The van der Waals surface area contributed by atoms with Gasteiger partial charge in [-0.15, -0.1) is 0 Å². The Bertz CT molecular complexity index is 1990. The van der Waals surface area contributed by atoms with Crippen LogP contribution in [0.2, 0.25) is 0 Å². The smallest absolute Gasteiger partial charge is 0.460 e. The van der Waals surface area contributed by atoms with Gasteiger partial charge in [0.1, 0.15) is 17.2 Å². The van der Waals surface area contributed by atoms with Crippen molar-refractivity contribution in [2.45, 2.75) is 125 Å². The number of ether oxygens (including phenoxy) is 4.